The highest BCUT2D eigenvalue weighted by atomic mass is 16.5. The highest BCUT2D eigenvalue weighted by molar-refractivity contribution is 5.80. The second-order valence-corrected chi connectivity index (χ2v) is 6.24. The van der Waals surface area contributed by atoms with Gasteiger partial charge >= 0.3 is 5.97 Å². The summed E-state index contributed by atoms with van der Waals surface area (Å²) in [4.78, 5) is 14.3. The minimum absolute atomic E-state index is 0.167. The average Bonchev–Trinajstić information content (AvgIpc) is 2.37. The number of esters is 1. The van der Waals surface area contributed by atoms with Crippen molar-refractivity contribution in [2.24, 2.45) is 0 Å². The molecule has 20 heavy (non-hydrogen) atoms. The molecule has 0 aromatic heterocycles. The number of hydrogen-bond acceptors (Lipinski definition) is 4. The lowest BCUT2D eigenvalue weighted by Gasteiger charge is -2.31. The van der Waals surface area contributed by atoms with E-state index in [9.17, 15) is 4.79 Å². The molecule has 0 bridgehead atoms. The predicted octanol–water partition coefficient (Wildman–Crippen LogP) is 2.82. The van der Waals surface area contributed by atoms with E-state index in [2.05, 4.69) is 38.0 Å². The molecule has 1 unspecified atom stereocenters. The van der Waals surface area contributed by atoms with Gasteiger partial charge in [0.1, 0.15) is 5.54 Å². The lowest BCUT2D eigenvalue weighted by Crippen LogP contribution is -2.53. The maximum absolute atomic E-state index is 12.0. The third-order valence-electron chi connectivity index (χ3n) is 3.60. The van der Waals surface area contributed by atoms with Crippen LogP contribution in [0.15, 0.2) is 0 Å². The molecule has 0 aromatic rings. The number of carbonyl (C=O) groups is 1. The number of ether oxygens (including phenoxy) is 1. The highest BCUT2D eigenvalue weighted by Crippen LogP contribution is 2.16. The minimum Gasteiger partial charge on any atom is -0.468 e. The Bertz CT molecular complexity index is 269. The van der Waals surface area contributed by atoms with E-state index < -0.39 is 5.54 Å². The van der Waals surface area contributed by atoms with E-state index >= 15 is 0 Å². The van der Waals surface area contributed by atoms with E-state index in [0.717, 1.165) is 25.9 Å². The molecule has 0 aliphatic carbocycles. The summed E-state index contributed by atoms with van der Waals surface area (Å²) in [6, 6.07) is 0.265. The summed E-state index contributed by atoms with van der Waals surface area (Å²) < 4.78 is 4.94. The van der Waals surface area contributed by atoms with Crippen molar-refractivity contribution in [3.8, 4) is 0 Å². The first-order valence-electron chi connectivity index (χ1n) is 7.90. The first kappa shape index (κ1) is 19.4. The van der Waals surface area contributed by atoms with Crippen molar-refractivity contribution in [3.63, 3.8) is 0 Å². The van der Waals surface area contributed by atoms with Crippen LogP contribution < -0.4 is 5.32 Å². The molecule has 0 saturated carbocycles. The Hall–Kier alpha value is -0.610. The molecule has 4 nitrogen and oxygen atoms in total. The van der Waals surface area contributed by atoms with E-state index in [4.69, 9.17) is 4.74 Å². The summed E-state index contributed by atoms with van der Waals surface area (Å²) in [6.07, 6.45) is 5.60. The Morgan fingerprint density at radius 3 is 2.35 bits per heavy atom. The summed E-state index contributed by atoms with van der Waals surface area (Å²) in [7, 11) is 3.61. The van der Waals surface area contributed by atoms with Crippen LogP contribution in [0.25, 0.3) is 0 Å². The number of methoxy groups -OCH3 is 1. The second-order valence-electron chi connectivity index (χ2n) is 6.24. The third-order valence-corrected chi connectivity index (χ3v) is 3.60. The minimum atomic E-state index is -0.576. The van der Waals surface area contributed by atoms with Crippen LogP contribution in [0.5, 0.6) is 0 Å². The lowest BCUT2D eigenvalue weighted by atomic mass is 9.94. The van der Waals surface area contributed by atoms with Crippen molar-refractivity contribution in [2.45, 2.75) is 71.4 Å². The van der Waals surface area contributed by atoms with E-state index in [0.29, 0.717) is 0 Å². The molecule has 1 N–H and O–H groups in total. The number of rotatable bonds is 11. The first-order valence-corrected chi connectivity index (χ1v) is 7.90. The number of unbranched alkanes of at least 4 members (excludes halogenated alkanes) is 2. The maximum Gasteiger partial charge on any atom is 0.325 e. The van der Waals surface area contributed by atoms with Crippen molar-refractivity contribution in [3.05, 3.63) is 0 Å². The standard InChI is InChI=1S/C16H34N2O2/c1-7-8-9-12-18(5)13-10-11-16(4,15(19)20-6)17-14(2)3/h14,17H,7-13H2,1-6H3. The molecule has 1 atom stereocenters. The molecule has 120 valence electrons. The first-order chi connectivity index (χ1) is 9.35. The Balaban J connectivity index is 4.17. The van der Waals surface area contributed by atoms with E-state index in [-0.39, 0.29) is 12.0 Å². The molecule has 0 saturated heterocycles. The van der Waals surface area contributed by atoms with Crippen LogP contribution in [0.3, 0.4) is 0 Å². The molecule has 0 aliphatic heterocycles. The van der Waals surface area contributed by atoms with Crippen molar-refractivity contribution in [2.75, 3.05) is 27.2 Å². The normalized spacial score (nSPS) is 14.6. The van der Waals surface area contributed by atoms with Gasteiger partial charge in [0.2, 0.25) is 0 Å². The van der Waals surface area contributed by atoms with Gasteiger partial charge < -0.3 is 9.64 Å². The Morgan fingerprint density at radius 1 is 1.25 bits per heavy atom. The molecule has 0 heterocycles. The van der Waals surface area contributed by atoms with Crippen LogP contribution in [0.2, 0.25) is 0 Å². The van der Waals surface area contributed by atoms with Gasteiger partial charge in [-0.1, -0.05) is 19.8 Å². The second kappa shape index (κ2) is 10.2. The Kier molecular flexibility index (Phi) is 9.86. The zero-order valence-electron chi connectivity index (χ0n) is 14.3. The monoisotopic (exact) mass is 286 g/mol. The van der Waals surface area contributed by atoms with Gasteiger partial charge in [0.05, 0.1) is 7.11 Å². The van der Waals surface area contributed by atoms with Crippen LogP contribution in [0, 0.1) is 0 Å². The fourth-order valence-corrected chi connectivity index (χ4v) is 2.54. The molecular formula is C16H34N2O2. The molecular weight excluding hydrogens is 252 g/mol. The van der Waals surface area contributed by atoms with Crippen LogP contribution >= 0.6 is 0 Å². The van der Waals surface area contributed by atoms with Crippen LogP contribution in [0.4, 0.5) is 0 Å². The smallest absolute Gasteiger partial charge is 0.325 e. The van der Waals surface area contributed by atoms with Gasteiger partial charge in [-0.25, -0.2) is 0 Å². The summed E-state index contributed by atoms with van der Waals surface area (Å²) in [5.74, 6) is -0.167. The molecule has 4 heteroatoms. The van der Waals surface area contributed by atoms with Gasteiger partial charge in [0.25, 0.3) is 0 Å². The SMILES string of the molecule is CCCCCN(C)CCCC(C)(NC(C)C)C(=O)OC. The zero-order valence-corrected chi connectivity index (χ0v) is 14.3. The van der Waals surface area contributed by atoms with Crippen molar-refractivity contribution in [1.29, 1.82) is 0 Å². The summed E-state index contributed by atoms with van der Waals surface area (Å²) in [5, 5.41) is 3.34. The maximum atomic E-state index is 12.0. The van der Waals surface area contributed by atoms with Gasteiger partial charge in [0, 0.05) is 6.04 Å². The van der Waals surface area contributed by atoms with Crippen molar-refractivity contribution in [1.82, 2.24) is 10.2 Å². The van der Waals surface area contributed by atoms with Crippen molar-refractivity contribution >= 4 is 5.97 Å². The predicted molar refractivity (Wildman–Crippen MR) is 84.9 cm³/mol. The van der Waals surface area contributed by atoms with E-state index in [1.54, 1.807) is 0 Å². The van der Waals surface area contributed by atoms with Gasteiger partial charge in [-0.2, -0.15) is 0 Å². The molecule has 0 fully saturated rings. The number of hydrogen-bond donors (Lipinski definition) is 1. The van der Waals surface area contributed by atoms with Gasteiger partial charge in [-0.05, 0) is 60.2 Å². The summed E-state index contributed by atoms with van der Waals surface area (Å²) in [5.41, 5.74) is -0.576. The quantitative estimate of drug-likeness (QED) is 0.468. The van der Waals surface area contributed by atoms with E-state index in [1.165, 1.54) is 26.4 Å². The molecule has 0 rings (SSSR count). The van der Waals surface area contributed by atoms with Gasteiger partial charge in [0.15, 0.2) is 0 Å². The summed E-state index contributed by atoms with van der Waals surface area (Å²) in [6.45, 7) is 10.4. The van der Waals surface area contributed by atoms with Gasteiger partial charge in [-0.3, -0.25) is 10.1 Å². The number of carbonyl (C=O) groups excluding carboxylic acids is 1. The molecule has 0 radical (unpaired) electrons. The average molecular weight is 286 g/mol. The topological polar surface area (TPSA) is 41.6 Å². The van der Waals surface area contributed by atoms with Gasteiger partial charge in [-0.15, -0.1) is 0 Å². The third kappa shape index (κ3) is 7.85. The Labute approximate surface area is 125 Å². The fourth-order valence-electron chi connectivity index (χ4n) is 2.54. The molecule has 0 aromatic carbocycles. The number of nitrogens with one attached hydrogen (secondary N) is 1. The summed E-state index contributed by atoms with van der Waals surface area (Å²) >= 11 is 0. The van der Waals surface area contributed by atoms with E-state index in [1.807, 2.05) is 6.92 Å². The molecule has 0 spiro atoms. The zero-order chi connectivity index (χ0) is 15.6. The van der Waals surface area contributed by atoms with Crippen LogP contribution in [-0.2, 0) is 9.53 Å². The highest BCUT2D eigenvalue weighted by Gasteiger charge is 2.34. The lowest BCUT2D eigenvalue weighted by molar-refractivity contribution is -0.148. The van der Waals surface area contributed by atoms with Crippen molar-refractivity contribution < 1.29 is 9.53 Å². The molecule has 0 aliphatic rings. The molecule has 0 amide bonds. The largest absolute Gasteiger partial charge is 0.468 e. The van der Waals surface area contributed by atoms with Crippen LogP contribution in [-0.4, -0.2) is 49.7 Å². The van der Waals surface area contributed by atoms with Crippen LogP contribution in [0.1, 0.15) is 59.8 Å². The Morgan fingerprint density at radius 2 is 1.85 bits per heavy atom. The number of nitrogens with zero attached hydrogens (tertiary/aromatic N) is 1. The fraction of sp³-hybridized carbons (Fsp3) is 0.938.